The van der Waals surface area contributed by atoms with Crippen LogP contribution in [0.15, 0.2) is 0 Å². The summed E-state index contributed by atoms with van der Waals surface area (Å²) in [6, 6.07) is 0. The number of nitrogens with one attached hydrogen (secondary N) is 1. The van der Waals surface area contributed by atoms with Gasteiger partial charge in [0.2, 0.25) is 5.91 Å². The Hall–Kier alpha value is -0.740. The Kier molecular flexibility index (Phi) is 6.38. The van der Waals surface area contributed by atoms with Crippen molar-refractivity contribution < 1.29 is 13.2 Å². The van der Waals surface area contributed by atoms with E-state index in [2.05, 4.69) is 10.2 Å². The fraction of sp³-hybridized carbons (Fsp3) is 0.929. The number of hydrogen-bond acceptors (Lipinski definition) is 5. The molecule has 0 aromatic carbocycles. The van der Waals surface area contributed by atoms with Gasteiger partial charge in [-0.2, -0.15) is 17.0 Å². The van der Waals surface area contributed by atoms with E-state index in [4.69, 9.17) is 0 Å². The van der Waals surface area contributed by atoms with Gasteiger partial charge in [-0.3, -0.25) is 4.79 Å². The number of likely N-dealkylation sites (N-methyl/N-ethyl adjacent to an activating group) is 1. The van der Waals surface area contributed by atoms with Crippen molar-refractivity contribution in [2.24, 2.45) is 5.92 Å². The largest absolute Gasteiger partial charge is 0.340 e. The fourth-order valence-corrected chi connectivity index (χ4v) is 4.60. The molecule has 0 saturated carbocycles. The zero-order valence-corrected chi connectivity index (χ0v) is 15.2. The van der Waals surface area contributed by atoms with E-state index in [1.54, 1.807) is 9.21 Å². The van der Waals surface area contributed by atoms with Crippen LogP contribution in [0.3, 0.4) is 0 Å². The van der Waals surface area contributed by atoms with Crippen LogP contribution in [0.2, 0.25) is 0 Å². The third-order valence-electron chi connectivity index (χ3n) is 4.60. The Morgan fingerprint density at radius 3 is 1.96 bits per heavy atom. The molecule has 8 nitrogen and oxygen atoms in total. The summed E-state index contributed by atoms with van der Waals surface area (Å²) in [5.74, 6) is 0.0109. The van der Waals surface area contributed by atoms with Crippen molar-refractivity contribution in [3.05, 3.63) is 0 Å². The normalized spacial score (nSPS) is 23.9. The summed E-state index contributed by atoms with van der Waals surface area (Å²) >= 11 is 0. The first-order chi connectivity index (χ1) is 10.9. The zero-order chi connectivity index (χ0) is 17.0. The Bertz CT molecular complexity index is 497. The van der Waals surface area contributed by atoms with Gasteiger partial charge in [-0.1, -0.05) is 6.92 Å². The molecule has 0 aromatic rings. The molecule has 0 spiro atoms. The zero-order valence-electron chi connectivity index (χ0n) is 14.4. The first-order valence-electron chi connectivity index (χ1n) is 8.23. The molecule has 0 bridgehead atoms. The van der Waals surface area contributed by atoms with Crippen molar-refractivity contribution in [1.82, 2.24) is 23.7 Å². The van der Waals surface area contributed by atoms with E-state index >= 15 is 0 Å². The molecule has 1 atom stereocenters. The molecule has 134 valence electrons. The van der Waals surface area contributed by atoms with E-state index in [0.29, 0.717) is 45.8 Å². The number of carbonyl (C=O) groups excluding carboxylic acids is 1. The van der Waals surface area contributed by atoms with Gasteiger partial charge in [0, 0.05) is 64.8 Å². The molecular formula is C14H29N5O3S. The molecule has 1 N–H and O–H groups in total. The highest BCUT2D eigenvalue weighted by atomic mass is 32.2. The second kappa shape index (κ2) is 7.89. The topological polar surface area (TPSA) is 76.2 Å². The average Bonchev–Trinajstić information content (AvgIpc) is 2.55. The predicted molar refractivity (Wildman–Crippen MR) is 89.2 cm³/mol. The maximum Gasteiger partial charge on any atom is 0.282 e. The van der Waals surface area contributed by atoms with Crippen LogP contribution < -0.4 is 5.32 Å². The van der Waals surface area contributed by atoms with Crippen LogP contribution in [-0.2, 0) is 15.0 Å². The minimum Gasteiger partial charge on any atom is -0.340 e. The maximum atomic E-state index is 12.7. The number of hydrogen-bond donors (Lipinski definition) is 1. The SMILES string of the molecule is CNCC(C)C(=O)N1CCN(S(=O)(=O)N2CCN(C)CC2)CC1. The molecule has 2 saturated heterocycles. The van der Waals surface area contributed by atoms with Crippen LogP contribution >= 0.6 is 0 Å². The summed E-state index contributed by atoms with van der Waals surface area (Å²) < 4.78 is 28.4. The van der Waals surface area contributed by atoms with Crippen LogP contribution in [0.5, 0.6) is 0 Å². The van der Waals surface area contributed by atoms with E-state index in [0.717, 1.165) is 13.1 Å². The third-order valence-corrected chi connectivity index (χ3v) is 6.63. The van der Waals surface area contributed by atoms with E-state index in [1.807, 2.05) is 21.0 Å². The molecule has 2 fully saturated rings. The summed E-state index contributed by atoms with van der Waals surface area (Å²) in [4.78, 5) is 16.2. The van der Waals surface area contributed by atoms with Crippen molar-refractivity contribution in [2.45, 2.75) is 6.92 Å². The highest BCUT2D eigenvalue weighted by molar-refractivity contribution is 7.86. The monoisotopic (exact) mass is 347 g/mol. The predicted octanol–water partition coefficient (Wildman–Crippen LogP) is -1.52. The summed E-state index contributed by atoms with van der Waals surface area (Å²) in [6.45, 7) is 6.84. The van der Waals surface area contributed by atoms with Gasteiger partial charge in [0.15, 0.2) is 0 Å². The number of piperazine rings is 2. The quantitative estimate of drug-likeness (QED) is 0.654. The Morgan fingerprint density at radius 2 is 1.48 bits per heavy atom. The van der Waals surface area contributed by atoms with Gasteiger partial charge < -0.3 is 15.1 Å². The van der Waals surface area contributed by atoms with E-state index in [-0.39, 0.29) is 11.8 Å². The van der Waals surface area contributed by atoms with Gasteiger partial charge in [-0.05, 0) is 14.1 Å². The molecule has 0 aromatic heterocycles. The average molecular weight is 347 g/mol. The number of nitrogens with zero attached hydrogens (tertiary/aromatic N) is 4. The lowest BCUT2D eigenvalue weighted by molar-refractivity contribution is -0.136. The fourth-order valence-electron chi connectivity index (χ4n) is 3.03. The van der Waals surface area contributed by atoms with E-state index in [1.165, 1.54) is 4.31 Å². The Morgan fingerprint density at radius 1 is 1.00 bits per heavy atom. The first-order valence-corrected chi connectivity index (χ1v) is 9.63. The van der Waals surface area contributed by atoms with Crippen LogP contribution in [0.25, 0.3) is 0 Å². The van der Waals surface area contributed by atoms with Gasteiger partial charge >= 0.3 is 0 Å². The highest BCUT2D eigenvalue weighted by Gasteiger charge is 2.35. The lowest BCUT2D eigenvalue weighted by Gasteiger charge is -2.39. The van der Waals surface area contributed by atoms with Crippen molar-refractivity contribution in [3.8, 4) is 0 Å². The first kappa shape index (κ1) is 18.6. The minimum absolute atomic E-state index is 0.0826. The van der Waals surface area contributed by atoms with Crippen LogP contribution in [-0.4, -0.2) is 106 Å². The molecule has 2 aliphatic heterocycles. The van der Waals surface area contributed by atoms with Gasteiger partial charge in [0.1, 0.15) is 0 Å². The molecular weight excluding hydrogens is 318 g/mol. The lowest BCUT2D eigenvalue weighted by atomic mass is 10.1. The highest BCUT2D eigenvalue weighted by Crippen LogP contribution is 2.15. The van der Waals surface area contributed by atoms with Gasteiger partial charge in [-0.25, -0.2) is 0 Å². The molecule has 23 heavy (non-hydrogen) atoms. The van der Waals surface area contributed by atoms with E-state index < -0.39 is 10.2 Å². The number of amides is 1. The molecule has 2 rings (SSSR count). The lowest BCUT2D eigenvalue weighted by Crippen LogP contribution is -2.57. The molecule has 0 radical (unpaired) electrons. The van der Waals surface area contributed by atoms with Crippen molar-refractivity contribution in [2.75, 3.05) is 73.0 Å². The molecule has 0 aliphatic carbocycles. The summed E-state index contributed by atoms with van der Waals surface area (Å²) in [5, 5.41) is 3.00. The van der Waals surface area contributed by atoms with Crippen LogP contribution in [0.1, 0.15) is 6.92 Å². The summed E-state index contributed by atoms with van der Waals surface area (Å²) in [5.41, 5.74) is 0. The number of carbonyl (C=O) groups is 1. The second-order valence-corrected chi connectivity index (χ2v) is 8.32. The standard InChI is InChI=1S/C14H29N5O3S/c1-13(12-15-2)14(20)17-6-10-19(11-7-17)23(21,22)18-8-4-16(3)5-9-18/h13,15H,4-12H2,1-3H3. The van der Waals surface area contributed by atoms with Gasteiger partial charge in [0.25, 0.3) is 10.2 Å². The van der Waals surface area contributed by atoms with Crippen LogP contribution in [0.4, 0.5) is 0 Å². The smallest absolute Gasteiger partial charge is 0.282 e. The van der Waals surface area contributed by atoms with Crippen LogP contribution in [0, 0.1) is 5.92 Å². The summed E-state index contributed by atoms with van der Waals surface area (Å²) in [7, 11) is 0.426. The second-order valence-electron chi connectivity index (χ2n) is 6.39. The molecule has 1 unspecified atom stereocenters. The van der Waals surface area contributed by atoms with Crippen molar-refractivity contribution in [1.29, 1.82) is 0 Å². The summed E-state index contributed by atoms with van der Waals surface area (Å²) in [6.07, 6.45) is 0. The van der Waals surface area contributed by atoms with Gasteiger partial charge in [-0.15, -0.1) is 0 Å². The molecule has 1 amide bonds. The third kappa shape index (κ3) is 4.42. The maximum absolute atomic E-state index is 12.7. The molecule has 2 heterocycles. The van der Waals surface area contributed by atoms with Gasteiger partial charge in [0.05, 0.1) is 0 Å². The Balaban J connectivity index is 1.89. The van der Waals surface area contributed by atoms with E-state index in [9.17, 15) is 13.2 Å². The number of rotatable bonds is 5. The minimum atomic E-state index is -3.40. The van der Waals surface area contributed by atoms with Crippen molar-refractivity contribution >= 4 is 16.1 Å². The van der Waals surface area contributed by atoms with Crippen molar-refractivity contribution in [3.63, 3.8) is 0 Å². The molecule has 2 aliphatic rings. The Labute approximate surface area is 139 Å². The molecule has 9 heteroatoms.